The van der Waals surface area contributed by atoms with Crippen LogP contribution in [0.4, 0.5) is 0 Å². The Hall–Kier alpha value is -1.57. The maximum Gasteiger partial charge on any atom is 0.162 e. The highest BCUT2D eigenvalue weighted by Gasteiger charge is 2.10. The maximum absolute atomic E-state index is 11.3. The zero-order valence-electron chi connectivity index (χ0n) is 7.72. The minimum absolute atomic E-state index is 0.120. The predicted octanol–water partition coefficient (Wildman–Crippen LogP) is 2.68. The van der Waals surface area contributed by atoms with Gasteiger partial charge in [-0.25, -0.2) is 0 Å². The fraction of sp³-hybridized carbons (Fsp3) is 0.182. The Bertz CT molecular complexity index is 468. The summed E-state index contributed by atoms with van der Waals surface area (Å²) in [7, 11) is 0. The monoisotopic (exact) mass is 173 g/mol. The summed E-state index contributed by atoms with van der Waals surface area (Å²) in [6.07, 6.45) is 0. The average molecular weight is 173 g/mol. The number of aromatic nitrogens is 1. The number of rotatable bonds is 1. The van der Waals surface area contributed by atoms with E-state index >= 15 is 0 Å². The van der Waals surface area contributed by atoms with Crippen molar-refractivity contribution in [2.75, 3.05) is 0 Å². The number of Topliss-reactive ketones (excluding diaryl/α,β-unsaturated/α-hetero) is 1. The van der Waals surface area contributed by atoms with Crippen LogP contribution >= 0.6 is 0 Å². The molecule has 0 aliphatic heterocycles. The summed E-state index contributed by atoms with van der Waals surface area (Å²) in [5.41, 5.74) is 2.80. The van der Waals surface area contributed by atoms with E-state index in [1.54, 1.807) is 6.92 Å². The van der Waals surface area contributed by atoms with Gasteiger partial charge >= 0.3 is 0 Å². The van der Waals surface area contributed by atoms with Crippen LogP contribution < -0.4 is 0 Å². The van der Waals surface area contributed by atoms with Gasteiger partial charge in [0, 0.05) is 22.2 Å². The lowest BCUT2D eigenvalue weighted by Crippen LogP contribution is -1.92. The molecule has 1 aromatic heterocycles. The zero-order valence-corrected chi connectivity index (χ0v) is 7.72. The minimum atomic E-state index is 0.120. The number of hydrogen-bond acceptors (Lipinski definition) is 1. The summed E-state index contributed by atoms with van der Waals surface area (Å²) in [6.45, 7) is 3.53. The summed E-state index contributed by atoms with van der Waals surface area (Å²) in [5.74, 6) is 0.120. The molecule has 1 aromatic carbocycles. The first-order valence-corrected chi connectivity index (χ1v) is 4.28. The van der Waals surface area contributed by atoms with Gasteiger partial charge in [-0.05, 0) is 19.9 Å². The zero-order chi connectivity index (χ0) is 9.42. The van der Waals surface area contributed by atoms with E-state index < -0.39 is 0 Å². The van der Waals surface area contributed by atoms with Crippen molar-refractivity contribution in [2.45, 2.75) is 13.8 Å². The van der Waals surface area contributed by atoms with Crippen LogP contribution in [0.25, 0.3) is 10.9 Å². The van der Waals surface area contributed by atoms with Crippen LogP contribution in [-0.2, 0) is 0 Å². The van der Waals surface area contributed by atoms with Crippen LogP contribution in [0.1, 0.15) is 23.0 Å². The number of carbonyl (C=O) groups excluding carboxylic acids is 1. The van der Waals surface area contributed by atoms with E-state index in [4.69, 9.17) is 0 Å². The number of aromatic amines is 1. The van der Waals surface area contributed by atoms with Gasteiger partial charge in [0.05, 0.1) is 0 Å². The number of ketones is 1. The van der Waals surface area contributed by atoms with Gasteiger partial charge in [-0.1, -0.05) is 18.2 Å². The van der Waals surface area contributed by atoms with E-state index in [-0.39, 0.29) is 5.78 Å². The number of hydrogen-bond donors (Lipinski definition) is 1. The summed E-state index contributed by atoms with van der Waals surface area (Å²) < 4.78 is 0. The van der Waals surface area contributed by atoms with Crippen molar-refractivity contribution in [1.29, 1.82) is 0 Å². The molecule has 66 valence electrons. The van der Waals surface area contributed by atoms with Crippen molar-refractivity contribution >= 4 is 16.7 Å². The Morgan fingerprint density at radius 2 is 2.00 bits per heavy atom. The van der Waals surface area contributed by atoms with Crippen LogP contribution in [0.2, 0.25) is 0 Å². The first-order chi connectivity index (χ1) is 6.20. The molecule has 0 unspecified atom stereocenters. The molecule has 0 aliphatic rings. The topological polar surface area (TPSA) is 32.9 Å². The third-order valence-corrected chi connectivity index (χ3v) is 2.25. The summed E-state index contributed by atoms with van der Waals surface area (Å²) >= 11 is 0. The third kappa shape index (κ3) is 1.15. The second kappa shape index (κ2) is 2.73. The largest absolute Gasteiger partial charge is 0.358 e. The van der Waals surface area contributed by atoms with Crippen LogP contribution in [0, 0.1) is 6.92 Å². The highest BCUT2D eigenvalue weighted by molar-refractivity contribution is 6.08. The average Bonchev–Trinajstić information content (AvgIpc) is 2.39. The highest BCUT2D eigenvalue weighted by Crippen LogP contribution is 2.21. The number of H-pyrrole nitrogens is 1. The van der Waals surface area contributed by atoms with Crippen molar-refractivity contribution < 1.29 is 4.79 Å². The van der Waals surface area contributed by atoms with Crippen molar-refractivity contribution in [2.24, 2.45) is 0 Å². The lowest BCUT2D eigenvalue weighted by atomic mass is 10.1. The normalized spacial score (nSPS) is 10.6. The van der Waals surface area contributed by atoms with Gasteiger partial charge in [0.25, 0.3) is 0 Å². The van der Waals surface area contributed by atoms with E-state index in [1.807, 2.05) is 31.2 Å². The van der Waals surface area contributed by atoms with Crippen molar-refractivity contribution in [3.8, 4) is 0 Å². The summed E-state index contributed by atoms with van der Waals surface area (Å²) in [4.78, 5) is 14.5. The standard InChI is InChI=1S/C11H11NO/c1-7-11(8(2)13)9-5-3-4-6-10(9)12-7/h3-6,12H,1-2H3. The number of nitrogens with one attached hydrogen (secondary N) is 1. The molecule has 0 spiro atoms. The quantitative estimate of drug-likeness (QED) is 0.661. The van der Waals surface area contributed by atoms with Gasteiger partial charge in [0.2, 0.25) is 0 Å². The Balaban J connectivity index is 2.86. The van der Waals surface area contributed by atoms with Crippen LogP contribution in [0.3, 0.4) is 0 Å². The Morgan fingerprint density at radius 1 is 1.31 bits per heavy atom. The first kappa shape index (κ1) is 8.05. The molecule has 0 saturated heterocycles. The second-order valence-corrected chi connectivity index (χ2v) is 3.23. The Morgan fingerprint density at radius 3 is 2.69 bits per heavy atom. The molecule has 0 saturated carbocycles. The molecular formula is C11H11NO. The summed E-state index contributed by atoms with van der Waals surface area (Å²) in [5, 5.41) is 1.02. The van der Waals surface area contributed by atoms with Gasteiger partial charge < -0.3 is 4.98 Å². The predicted molar refractivity (Wildman–Crippen MR) is 53.0 cm³/mol. The smallest absolute Gasteiger partial charge is 0.162 e. The van der Waals surface area contributed by atoms with Gasteiger partial charge in [-0.3, -0.25) is 4.79 Å². The third-order valence-electron chi connectivity index (χ3n) is 2.25. The lowest BCUT2D eigenvalue weighted by Gasteiger charge is -1.92. The fourth-order valence-electron chi connectivity index (χ4n) is 1.73. The van der Waals surface area contributed by atoms with E-state index in [1.165, 1.54) is 0 Å². The van der Waals surface area contributed by atoms with E-state index in [9.17, 15) is 4.79 Å². The van der Waals surface area contributed by atoms with Crippen LogP contribution in [0.15, 0.2) is 24.3 Å². The SMILES string of the molecule is CC(=O)c1c(C)[nH]c2ccccc12. The molecule has 0 amide bonds. The highest BCUT2D eigenvalue weighted by atomic mass is 16.1. The van der Waals surface area contributed by atoms with Crippen molar-refractivity contribution in [1.82, 2.24) is 4.98 Å². The van der Waals surface area contributed by atoms with Crippen molar-refractivity contribution in [3.05, 3.63) is 35.5 Å². The van der Waals surface area contributed by atoms with Crippen LogP contribution in [0.5, 0.6) is 0 Å². The van der Waals surface area contributed by atoms with E-state index in [0.29, 0.717) is 0 Å². The second-order valence-electron chi connectivity index (χ2n) is 3.23. The first-order valence-electron chi connectivity index (χ1n) is 4.28. The molecule has 2 aromatic rings. The lowest BCUT2D eigenvalue weighted by molar-refractivity contribution is 0.101. The fourth-order valence-corrected chi connectivity index (χ4v) is 1.73. The molecule has 0 aliphatic carbocycles. The Kier molecular flexibility index (Phi) is 1.69. The molecule has 1 heterocycles. The number of para-hydroxylation sites is 1. The number of carbonyl (C=O) groups is 1. The van der Waals surface area contributed by atoms with Gasteiger partial charge in [-0.2, -0.15) is 0 Å². The van der Waals surface area contributed by atoms with Gasteiger partial charge in [0.1, 0.15) is 0 Å². The van der Waals surface area contributed by atoms with Crippen molar-refractivity contribution in [3.63, 3.8) is 0 Å². The molecule has 0 bridgehead atoms. The molecule has 13 heavy (non-hydrogen) atoms. The molecular weight excluding hydrogens is 162 g/mol. The summed E-state index contributed by atoms with van der Waals surface area (Å²) in [6, 6.07) is 7.86. The maximum atomic E-state index is 11.3. The van der Waals surface area contributed by atoms with E-state index in [0.717, 1.165) is 22.2 Å². The van der Waals surface area contributed by atoms with E-state index in [2.05, 4.69) is 4.98 Å². The number of fused-ring (bicyclic) bond motifs is 1. The van der Waals surface area contributed by atoms with Crippen LogP contribution in [-0.4, -0.2) is 10.8 Å². The molecule has 0 atom stereocenters. The van der Waals surface area contributed by atoms with Gasteiger partial charge in [-0.15, -0.1) is 0 Å². The number of aryl methyl sites for hydroxylation is 1. The molecule has 2 rings (SSSR count). The molecule has 2 nitrogen and oxygen atoms in total. The molecule has 0 radical (unpaired) electrons. The molecule has 2 heteroatoms. The van der Waals surface area contributed by atoms with Gasteiger partial charge in [0.15, 0.2) is 5.78 Å². The molecule has 0 fully saturated rings. The minimum Gasteiger partial charge on any atom is -0.358 e. The Labute approximate surface area is 76.6 Å². The number of benzene rings is 1. The molecule has 1 N–H and O–H groups in total.